The normalized spacial score (nSPS) is 12.4. The molecule has 5 heteroatoms. The van der Waals surface area contributed by atoms with Gasteiger partial charge in [0.05, 0.1) is 0 Å². The van der Waals surface area contributed by atoms with Crippen LogP contribution < -0.4 is 15.5 Å². The smallest absolute Gasteiger partial charge is 0.251 e. The number of benzene rings is 3. The number of nitrogens with one attached hydrogen (secondary N) is 2. The fourth-order valence-electron chi connectivity index (χ4n) is 3.98. The van der Waals surface area contributed by atoms with E-state index in [0.29, 0.717) is 12.1 Å². The second kappa shape index (κ2) is 9.47. The lowest BCUT2D eigenvalue weighted by Gasteiger charge is -2.21. The van der Waals surface area contributed by atoms with Gasteiger partial charge in [-0.3, -0.25) is 9.59 Å². The average molecular weight is 414 g/mol. The molecule has 3 aromatic rings. The third kappa shape index (κ3) is 4.94. The van der Waals surface area contributed by atoms with Crippen LogP contribution in [0.2, 0.25) is 0 Å². The third-order valence-electron chi connectivity index (χ3n) is 5.66. The van der Waals surface area contributed by atoms with Gasteiger partial charge in [0.15, 0.2) is 0 Å². The number of aryl methyl sites for hydroxylation is 1. The zero-order valence-electron chi connectivity index (χ0n) is 17.7. The Labute approximate surface area is 183 Å². The number of carbonyl (C=O) groups excluding carboxylic acids is 2. The van der Waals surface area contributed by atoms with Gasteiger partial charge < -0.3 is 15.5 Å². The number of para-hydroxylation sites is 2. The first-order valence-corrected chi connectivity index (χ1v) is 10.7. The molecular formula is C26H27N3O2. The van der Waals surface area contributed by atoms with Gasteiger partial charge in [0, 0.05) is 43.0 Å². The molecule has 0 aliphatic carbocycles. The van der Waals surface area contributed by atoms with E-state index in [1.165, 1.54) is 11.3 Å². The van der Waals surface area contributed by atoms with Crippen molar-refractivity contribution in [2.75, 3.05) is 23.3 Å². The largest absolute Gasteiger partial charge is 0.367 e. The van der Waals surface area contributed by atoms with Gasteiger partial charge in [0.1, 0.15) is 0 Å². The molecule has 0 unspecified atom stereocenters. The number of hydrogen-bond acceptors (Lipinski definition) is 3. The predicted molar refractivity (Wildman–Crippen MR) is 124 cm³/mol. The van der Waals surface area contributed by atoms with Crippen LogP contribution in [0.15, 0.2) is 72.8 Å². The zero-order valence-corrected chi connectivity index (χ0v) is 17.7. The Morgan fingerprint density at radius 1 is 0.935 bits per heavy atom. The minimum Gasteiger partial charge on any atom is -0.367 e. The van der Waals surface area contributed by atoms with Gasteiger partial charge >= 0.3 is 0 Å². The van der Waals surface area contributed by atoms with E-state index in [0.717, 1.165) is 36.3 Å². The van der Waals surface area contributed by atoms with Crippen LogP contribution in [0.3, 0.4) is 0 Å². The quantitative estimate of drug-likeness (QED) is 0.607. The van der Waals surface area contributed by atoms with E-state index in [4.69, 9.17) is 0 Å². The van der Waals surface area contributed by atoms with Crippen molar-refractivity contribution in [2.24, 2.45) is 0 Å². The topological polar surface area (TPSA) is 61.4 Å². The summed E-state index contributed by atoms with van der Waals surface area (Å²) in [6.45, 7) is 3.92. The maximum absolute atomic E-state index is 12.5. The first-order chi connectivity index (χ1) is 15.1. The third-order valence-corrected chi connectivity index (χ3v) is 5.66. The van der Waals surface area contributed by atoms with Crippen molar-refractivity contribution in [2.45, 2.75) is 26.3 Å². The molecule has 1 aliphatic heterocycles. The van der Waals surface area contributed by atoms with Crippen molar-refractivity contribution in [3.63, 3.8) is 0 Å². The van der Waals surface area contributed by atoms with Crippen LogP contribution in [-0.2, 0) is 17.8 Å². The summed E-state index contributed by atoms with van der Waals surface area (Å²) in [5, 5.41) is 5.85. The highest BCUT2D eigenvalue weighted by molar-refractivity contribution is 5.96. The summed E-state index contributed by atoms with van der Waals surface area (Å²) in [4.78, 5) is 27.2. The maximum Gasteiger partial charge on any atom is 0.251 e. The molecule has 5 nitrogen and oxygen atoms in total. The number of amides is 2. The van der Waals surface area contributed by atoms with E-state index in [1.807, 2.05) is 43.3 Å². The number of hydrogen-bond donors (Lipinski definition) is 2. The summed E-state index contributed by atoms with van der Waals surface area (Å²) < 4.78 is 0. The van der Waals surface area contributed by atoms with Crippen molar-refractivity contribution in [1.29, 1.82) is 0 Å². The lowest BCUT2D eigenvalue weighted by molar-refractivity contribution is -0.116. The van der Waals surface area contributed by atoms with E-state index in [-0.39, 0.29) is 18.2 Å². The van der Waals surface area contributed by atoms with Crippen LogP contribution in [0.25, 0.3) is 0 Å². The molecule has 158 valence electrons. The molecule has 0 saturated carbocycles. The average Bonchev–Trinajstić information content (AvgIpc) is 3.18. The summed E-state index contributed by atoms with van der Waals surface area (Å²) in [6.07, 6.45) is 1.27. The van der Waals surface area contributed by atoms with E-state index >= 15 is 0 Å². The van der Waals surface area contributed by atoms with E-state index in [1.54, 1.807) is 6.07 Å². The second-order valence-corrected chi connectivity index (χ2v) is 7.83. The van der Waals surface area contributed by atoms with Crippen molar-refractivity contribution in [3.8, 4) is 0 Å². The molecule has 0 saturated heterocycles. The molecular weight excluding hydrogens is 386 g/mol. The van der Waals surface area contributed by atoms with Gasteiger partial charge in [-0.15, -0.1) is 0 Å². The monoisotopic (exact) mass is 413 g/mol. The fraction of sp³-hybridized carbons (Fsp3) is 0.231. The summed E-state index contributed by atoms with van der Waals surface area (Å²) in [7, 11) is 0. The Bertz CT molecular complexity index is 1090. The van der Waals surface area contributed by atoms with Gasteiger partial charge in [0.25, 0.3) is 5.91 Å². The highest BCUT2D eigenvalue weighted by atomic mass is 16.2. The minimum absolute atomic E-state index is 0.112. The van der Waals surface area contributed by atoms with Crippen molar-refractivity contribution >= 4 is 23.2 Å². The Kier molecular flexibility index (Phi) is 6.32. The molecule has 0 aromatic heterocycles. The summed E-state index contributed by atoms with van der Waals surface area (Å²) in [5.41, 5.74) is 6.09. The Balaban J connectivity index is 1.33. The standard InChI is InChI=1S/C26H27N3O2/c1-19-8-2-5-11-22(19)26(31)27-16-14-25(30)28-23-12-6-3-10-21(23)18-29-17-15-20-9-4-7-13-24(20)29/h2-13H,14-18H2,1H3,(H,27,31)(H,28,30). The number of nitrogens with zero attached hydrogens (tertiary/aromatic N) is 1. The molecule has 4 rings (SSSR count). The lowest BCUT2D eigenvalue weighted by Crippen LogP contribution is -2.28. The number of rotatable bonds is 7. The predicted octanol–water partition coefficient (Wildman–Crippen LogP) is 4.32. The van der Waals surface area contributed by atoms with Gasteiger partial charge in [-0.1, -0.05) is 54.6 Å². The molecule has 1 heterocycles. The van der Waals surface area contributed by atoms with Crippen LogP contribution in [0.4, 0.5) is 11.4 Å². The summed E-state index contributed by atoms with van der Waals surface area (Å²) in [6, 6.07) is 23.8. The summed E-state index contributed by atoms with van der Waals surface area (Å²) >= 11 is 0. The second-order valence-electron chi connectivity index (χ2n) is 7.83. The van der Waals surface area contributed by atoms with Crippen molar-refractivity contribution in [1.82, 2.24) is 5.32 Å². The van der Waals surface area contributed by atoms with Crippen molar-refractivity contribution in [3.05, 3.63) is 95.1 Å². The molecule has 2 amide bonds. The highest BCUT2D eigenvalue weighted by Crippen LogP contribution is 2.30. The molecule has 0 spiro atoms. The van der Waals surface area contributed by atoms with Crippen LogP contribution in [0.1, 0.15) is 33.5 Å². The molecule has 0 radical (unpaired) electrons. The summed E-state index contributed by atoms with van der Waals surface area (Å²) in [5.74, 6) is -0.265. The first-order valence-electron chi connectivity index (χ1n) is 10.7. The molecule has 1 aliphatic rings. The van der Waals surface area contributed by atoms with E-state index in [2.05, 4.69) is 45.9 Å². The molecule has 0 atom stereocenters. The molecule has 0 bridgehead atoms. The van der Waals surface area contributed by atoms with E-state index in [9.17, 15) is 9.59 Å². The molecule has 3 aromatic carbocycles. The minimum atomic E-state index is -0.154. The Morgan fingerprint density at radius 2 is 1.68 bits per heavy atom. The Hall–Kier alpha value is -3.60. The lowest BCUT2D eigenvalue weighted by atomic mass is 10.1. The maximum atomic E-state index is 12.5. The van der Waals surface area contributed by atoms with Crippen LogP contribution >= 0.6 is 0 Å². The van der Waals surface area contributed by atoms with E-state index < -0.39 is 0 Å². The first kappa shape index (κ1) is 20.7. The number of anilines is 2. The van der Waals surface area contributed by atoms with Crippen LogP contribution in [0, 0.1) is 6.92 Å². The molecule has 31 heavy (non-hydrogen) atoms. The van der Waals surface area contributed by atoms with Gasteiger partial charge in [-0.05, 0) is 48.2 Å². The number of carbonyl (C=O) groups is 2. The zero-order chi connectivity index (χ0) is 21.6. The van der Waals surface area contributed by atoms with Crippen LogP contribution in [0.5, 0.6) is 0 Å². The fourth-order valence-corrected chi connectivity index (χ4v) is 3.98. The van der Waals surface area contributed by atoms with Crippen molar-refractivity contribution < 1.29 is 9.59 Å². The highest BCUT2D eigenvalue weighted by Gasteiger charge is 2.19. The van der Waals surface area contributed by atoms with Gasteiger partial charge in [0.2, 0.25) is 5.91 Å². The molecule has 0 fully saturated rings. The van der Waals surface area contributed by atoms with Gasteiger partial charge in [-0.25, -0.2) is 0 Å². The van der Waals surface area contributed by atoms with Gasteiger partial charge in [-0.2, -0.15) is 0 Å². The Morgan fingerprint density at radius 3 is 2.55 bits per heavy atom. The number of fused-ring (bicyclic) bond motifs is 1. The van der Waals surface area contributed by atoms with Crippen LogP contribution in [-0.4, -0.2) is 24.9 Å². The molecule has 2 N–H and O–H groups in total. The SMILES string of the molecule is Cc1ccccc1C(=O)NCCC(=O)Nc1ccccc1CN1CCc2ccccc21.